The van der Waals surface area contributed by atoms with Crippen LogP contribution in [-0.2, 0) is 10.0 Å². The molecule has 0 spiro atoms. The second kappa shape index (κ2) is 10.5. The predicted octanol–water partition coefficient (Wildman–Crippen LogP) is 5.51. The van der Waals surface area contributed by atoms with E-state index >= 15 is 0 Å². The zero-order valence-electron chi connectivity index (χ0n) is 21.0. The number of rotatable bonds is 8. The third-order valence-electron chi connectivity index (χ3n) is 6.28. The number of imidazole rings is 1. The summed E-state index contributed by atoms with van der Waals surface area (Å²) in [7, 11) is -3.66. The van der Waals surface area contributed by atoms with Crippen molar-refractivity contribution < 1.29 is 8.42 Å². The lowest BCUT2D eigenvalue weighted by Gasteiger charge is -2.18. The van der Waals surface area contributed by atoms with E-state index in [2.05, 4.69) is 16.0 Å². The van der Waals surface area contributed by atoms with E-state index in [1.807, 2.05) is 80.7 Å². The minimum Gasteiger partial charge on any atom is -0.337 e. The molecule has 190 valence electrons. The molecule has 5 rings (SSSR count). The first-order chi connectivity index (χ1) is 18.4. The molecule has 8 nitrogen and oxygen atoms in total. The lowest BCUT2D eigenvalue weighted by molar-refractivity contribution is 0.445. The van der Waals surface area contributed by atoms with Gasteiger partial charge in [-0.1, -0.05) is 56.3 Å². The maximum Gasteiger partial charge on any atom is 0.243 e. The first-order valence-corrected chi connectivity index (χ1v) is 13.7. The molecule has 2 aromatic heterocycles. The van der Waals surface area contributed by atoms with E-state index in [-0.39, 0.29) is 4.90 Å². The maximum absolute atomic E-state index is 13.2. The molecule has 0 amide bonds. The lowest BCUT2D eigenvalue weighted by Crippen LogP contribution is -2.30. The highest BCUT2D eigenvalue weighted by Crippen LogP contribution is 2.30. The number of nitriles is 1. The molecule has 0 bridgehead atoms. The van der Waals surface area contributed by atoms with Crippen LogP contribution in [0.15, 0.2) is 90.0 Å². The molecule has 3 aromatic carbocycles. The zero-order valence-corrected chi connectivity index (χ0v) is 21.9. The molecule has 0 fully saturated rings. The van der Waals surface area contributed by atoms with Gasteiger partial charge in [0, 0.05) is 30.4 Å². The third-order valence-corrected chi connectivity index (χ3v) is 8.32. The van der Waals surface area contributed by atoms with Crippen molar-refractivity contribution in [2.24, 2.45) is 0 Å². The van der Waals surface area contributed by atoms with Gasteiger partial charge < -0.3 is 4.98 Å². The molecule has 38 heavy (non-hydrogen) atoms. The highest BCUT2D eigenvalue weighted by molar-refractivity contribution is 7.89. The Kier molecular flexibility index (Phi) is 6.92. The number of allylic oxidation sites excluding steroid dienone is 1. The van der Waals surface area contributed by atoms with E-state index in [1.54, 1.807) is 29.0 Å². The summed E-state index contributed by atoms with van der Waals surface area (Å²) in [6, 6.07) is 26.2. The van der Waals surface area contributed by atoms with Crippen molar-refractivity contribution in [3.63, 3.8) is 0 Å². The number of nitrogens with zero attached hydrogens (tertiary/aromatic N) is 5. The molecule has 0 radical (unpaired) electrons. The molecule has 1 N–H and O–H groups in total. The topological polar surface area (TPSA) is 108 Å². The van der Waals surface area contributed by atoms with Crippen LogP contribution in [0.3, 0.4) is 0 Å². The summed E-state index contributed by atoms with van der Waals surface area (Å²) in [6.45, 7) is 4.39. The van der Waals surface area contributed by atoms with Crippen LogP contribution in [0.1, 0.15) is 25.2 Å². The number of para-hydroxylation sites is 3. The number of H-pyrrole nitrogens is 1. The van der Waals surface area contributed by atoms with Crippen LogP contribution in [0.4, 0.5) is 0 Å². The summed E-state index contributed by atoms with van der Waals surface area (Å²) in [4.78, 5) is 7.97. The van der Waals surface area contributed by atoms with Gasteiger partial charge >= 0.3 is 0 Å². The number of nitrogens with one attached hydrogen (secondary N) is 1. The highest BCUT2D eigenvalue weighted by Gasteiger charge is 2.23. The average Bonchev–Trinajstić information content (AvgIpc) is 3.57. The molecule has 0 aliphatic heterocycles. The molecule has 0 aliphatic carbocycles. The van der Waals surface area contributed by atoms with Gasteiger partial charge in [-0.15, -0.1) is 0 Å². The second-order valence-corrected chi connectivity index (χ2v) is 10.5. The van der Waals surface area contributed by atoms with Crippen molar-refractivity contribution in [1.29, 1.82) is 5.26 Å². The molecule has 5 aromatic rings. The SMILES string of the molecule is CCN(CC)S(=O)(=O)c1cccc(-c2nn(-c3ccccc3)cc2C=C(C#N)c2nc3ccccc3[nH]2)c1. The molecule has 9 heteroatoms. The fraction of sp³-hybridized carbons (Fsp3) is 0.138. The Morgan fingerprint density at radius 3 is 2.47 bits per heavy atom. The van der Waals surface area contributed by atoms with Crippen molar-refractivity contribution in [2.45, 2.75) is 18.7 Å². The standard InChI is InChI=1S/C29H26N6O2S/c1-3-34(4-2)38(36,37)25-14-10-11-21(18-25)28-23(20-35(33-28)24-12-6-5-7-13-24)17-22(19-30)29-31-26-15-8-9-16-27(26)32-29/h5-18,20H,3-4H2,1-2H3,(H,31,32). The summed E-state index contributed by atoms with van der Waals surface area (Å²) in [5.41, 5.74) is 4.60. The van der Waals surface area contributed by atoms with Crippen molar-refractivity contribution in [3.05, 3.63) is 96.4 Å². The Morgan fingerprint density at radius 2 is 1.76 bits per heavy atom. The molecular weight excluding hydrogens is 496 g/mol. The Hall–Kier alpha value is -4.52. The van der Waals surface area contributed by atoms with Crippen LogP contribution in [0, 0.1) is 11.3 Å². The van der Waals surface area contributed by atoms with Crippen molar-refractivity contribution >= 4 is 32.7 Å². The van der Waals surface area contributed by atoms with Gasteiger partial charge in [0.1, 0.15) is 17.6 Å². The molecule has 0 saturated heterocycles. The summed E-state index contributed by atoms with van der Waals surface area (Å²) < 4.78 is 29.6. The van der Waals surface area contributed by atoms with Crippen molar-refractivity contribution in [2.75, 3.05) is 13.1 Å². The lowest BCUT2D eigenvalue weighted by atomic mass is 10.1. The molecule has 2 heterocycles. The Bertz CT molecular complexity index is 1740. The summed E-state index contributed by atoms with van der Waals surface area (Å²) >= 11 is 0. The summed E-state index contributed by atoms with van der Waals surface area (Å²) in [5.74, 6) is 0.449. The predicted molar refractivity (Wildman–Crippen MR) is 149 cm³/mol. The first kappa shape index (κ1) is 25.1. The van der Waals surface area contributed by atoms with Crippen LogP contribution in [-0.4, -0.2) is 45.6 Å². The van der Waals surface area contributed by atoms with E-state index in [4.69, 9.17) is 5.10 Å². The van der Waals surface area contributed by atoms with Crippen LogP contribution < -0.4 is 0 Å². The number of benzene rings is 3. The summed E-state index contributed by atoms with van der Waals surface area (Å²) in [6.07, 6.45) is 3.56. The monoisotopic (exact) mass is 522 g/mol. The quantitative estimate of drug-likeness (QED) is 0.270. The van der Waals surface area contributed by atoms with Crippen LogP contribution in [0.5, 0.6) is 0 Å². The van der Waals surface area contributed by atoms with Gasteiger partial charge in [0.25, 0.3) is 0 Å². The fourth-order valence-corrected chi connectivity index (χ4v) is 5.84. The minimum absolute atomic E-state index is 0.195. The van der Waals surface area contributed by atoms with Gasteiger partial charge in [-0.3, -0.25) is 0 Å². The Labute approximate surface area is 221 Å². The van der Waals surface area contributed by atoms with E-state index in [0.717, 1.165) is 16.7 Å². The normalized spacial score (nSPS) is 12.2. The fourth-order valence-electron chi connectivity index (χ4n) is 4.34. The maximum atomic E-state index is 13.2. The number of hydrogen-bond donors (Lipinski definition) is 1. The Balaban J connectivity index is 1.66. The number of fused-ring (bicyclic) bond motifs is 1. The molecular formula is C29H26N6O2S. The highest BCUT2D eigenvalue weighted by atomic mass is 32.2. The van der Waals surface area contributed by atoms with Gasteiger partial charge in [0.2, 0.25) is 10.0 Å². The largest absolute Gasteiger partial charge is 0.337 e. The van der Waals surface area contributed by atoms with Crippen molar-refractivity contribution in [1.82, 2.24) is 24.1 Å². The van der Waals surface area contributed by atoms with Gasteiger partial charge in [-0.25, -0.2) is 18.1 Å². The van der Waals surface area contributed by atoms with E-state index in [1.165, 1.54) is 4.31 Å². The number of sulfonamides is 1. The summed E-state index contributed by atoms with van der Waals surface area (Å²) in [5, 5.41) is 14.8. The molecule has 0 unspecified atom stereocenters. The van der Waals surface area contributed by atoms with E-state index < -0.39 is 10.0 Å². The zero-order chi connectivity index (χ0) is 26.7. The van der Waals surface area contributed by atoms with E-state index in [9.17, 15) is 13.7 Å². The number of hydrogen-bond acceptors (Lipinski definition) is 5. The molecule has 0 aliphatic rings. The van der Waals surface area contributed by atoms with Crippen LogP contribution in [0.25, 0.3) is 39.6 Å². The average molecular weight is 523 g/mol. The first-order valence-electron chi connectivity index (χ1n) is 12.3. The molecule has 0 saturated carbocycles. The molecule has 0 atom stereocenters. The van der Waals surface area contributed by atoms with Gasteiger partial charge in [0.05, 0.1) is 27.2 Å². The smallest absolute Gasteiger partial charge is 0.243 e. The second-order valence-electron chi connectivity index (χ2n) is 8.60. The Morgan fingerprint density at radius 1 is 1.03 bits per heavy atom. The third kappa shape index (κ3) is 4.75. The van der Waals surface area contributed by atoms with Gasteiger partial charge in [0.15, 0.2) is 0 Å². The van der Waals surface area contributed by atoms with Crippen LogP contribution in [0.2, 0.25) is 0 Å². The van der Waals surface area contributed by atoms with Gasteiger partial charge in [-0.2, -0.15) is 14.7 Å². The van der Waals surface area contributed by atoms with Crippen molar-refractivity contribution in [3.8, 4) is 23.0 Å². The number of aromatic amines is 1. The van der Waals surface area contributed by atoms with Gasteiger partial charge in [-0.05, 0) is 42.5 Å². The van der Waals surface area contributed by atoms with Crippen LogP contribution >= 0.6 is 0 Å². The van der Waals surface area contributed by atoms with E-state index in [0.29, 0.717) is 41.3 Å². The minimum atomic E-state index is -3.66. The number of aromatic nitrogens is 4.